The molecule has 43 heavy (non-hydrogen) atoms. The van der Waals surface area contributed by atoms with E-state index < -0.39 is 35.8 Å². The van der Waals surface area contributed by atoms with Crippen LogP contribution in [0.2, 0.25) is 0 Å². The van der Waals surface area contributed by atoms with Crippen LogP contribution in [0, 0.1) is 0 Å². The quantitative estimate of drug-likeness (QED) is 0.144. The summed E-state index contributed by atoms with van der Waals surface area (Å²) < 4.78 is 32.3. The molecule has 1 heterocycles. The van der Waals surface area contributed by atoms with Crippen molar-refractivity contribution in [1.82, 2.24) is 0 Å². The van der Waals surface area contributed by atoms with Gasteiger partial charge in [0, 0.05) is 0 Å². The van der Waals surface area contributed by atoms with Crippen molar-refractivity contribution in [3.63, 3.8) is 0 Å². The summed E-state index contributed by atoms with van der Waals surface area (Å²) in [4.78, 5) is 13.4. The highest BCUT2D eigenvalue weighted by Gasteiger charge is 2.50. The van der Waals surface area contributed by atoms with E-state index in [9.17, 15) is 4.79 Å². The van der Waals surface area contributed by atoms with E-state index in [4.69, 9.17) is 23.7 Å². The van der Waals surface area contributed by atoms with Gasteiger partial charge in [0.05, 0.1) is 32.0 Å². The average molecular weight is 599 g/mol. The number of carbonyl (C=O) groups is 1. The Balaban J connectivity index is 1.43. The minimum atomic E-state index is -0.715. The van der Waals surface area contributed by atoms with Crippen LogP contribution in [0.1, 0.15) is 34.0 Å². The van der Waals surface area contributed by atoms with Crippen molar-refractivity contribution < 1.29 is 28.5 Å². The van der Waals surface area contributed by atoms with Crippen LogP contribution in [0.5, 0.6) is 0 Å². The highest BCUT2D eigenvalue weighted by molar-refractivity contribution is 7.99. The van der Waals surface area contributed by atoms with Crippen molar-refractivity contribution in [2.24, 2.45) is 0 Å². The van der Waals surface area contributed by atoms with Gasteiger partial charge in [0.15, 0.2) is 6.10 Å². The molecule has 2 unspecified atom stereocenters. The second-order valence-electron chi connectivity index (χ2n) is 10.3. The summed E-state index contributed by atoms with van der Waals surface area (Å²) in [6.07, 6.45) is -2.35. The molecule has 7 heteroatoms. The molecule has 0 N–H and O–H groups in total. The van der Waals surface area contributed by atoms with Gasteiger partial charge in [-0.05, 0) is 34.6 Å². The Morgan fingerprint density at radius 3 is 1.67 bits per heavy atom. The maximum Gasteiger partial charge on any atom is 0.338 e. The molecule has 0 aromatic heterocycles. The van der Waals surface area contributed by atoms with Crippen LogP contribution in [-0.4, -0.2) is 48.2 Å². The molecule has 0 spiro atoms. The summed E-state index contributed by atoms with van der Waals surface area (Å²) in [6.45, 7) is 3.47. The Morgan fingerprint density at radius 1 is 0.651 bits per heavy atom. The van der Waals surface area contributed by atoms with Gasteiger partial charge in [-0.1, -0.05) is 116 Å². The van der Waals surface area contributed by atoms with Gasteiger partial charge in [-0.25, -0.2) is 4.79 Å². The lowest BCUT2D eigenvalue weighted by molar-refractivity contribution is -0.242. The van der Waals surface area contributed by atoms with Gasteiger partial charge in [-0.2, -0.15) is 0 Å². The van der Waals surface area contributed by atoms with E-state index in [2.05, 4.69) is 6.92 Å². The number of esters is 1. The Labute approximate surface area is 258 Å². The molecule has 1 aliphatic heterocycles. The lowest BCUT2D eigenvalue weighted by Gasteiger charge is -2.45. The predicted octanol–water partition coefficient (Wildman–Crippen LogP) is 7.08. The van der Waals surface area contributed by atoms with E-state index in [1.807, 2.05) is 109 Å². The zero-order valence-electron chi connectivity index (χ0n) is 24.3. The van der Waals surface area contributed by atoms with E-state index in [1.54, 1.807) is 23.9 Å². The predicted molar refractivity (Wildman–Crippen MR) is 169 cm³/mol. The fourth-order valence-corrected chi connectivity index (χ4v) is 5.94. The highest BCUT2D eigenvalue weighted by atomic mass is 32.2. The van der Waals surface area contributed by atoms with Gasteiger partial charge in [0.25, 0.3) is 0 Å². The van der Waals surface area contributed by atoms with Crippen molar-refractivity contribution in [2.75, 3.05) is 12.4 Å². The van der Waals surface area contributed by atoms with Crippen LogP contribution >= 0.6 is 11.8 Å². The molecule has 1 fully saturated rings. The maximum absolute atomic E-state index is 13.4. The normalized spacial score (nSPS) is 21.7. The summed E-state index contributed by atoms with van der Waals surface area (Å²) in [5.41, 5.74) is 3.11. The van der Waals surface area contributed by atoms with Crippen LogP contribution in [0.25, 0.3) is 0 Å². The number of benzene rings is 4. The molecule has 0 saturated carbocycles. The third kappa shape index (κ3) is 9.02. The summed E-state index contributed by atoms with van der Waals surface area (Å²) >= 11 is 1.58. The van der Waals surface area contributed by atoms with Crippen molar-refractivity contribution >= 4 is 17.7 Å². The molecule has 5 atom stereocenters. The fourth-order valence-electron chi connectivity index (χ4n) is 4.99. The molecular formula is C36H38O6S. The number of hydrogen-bond donors (Lipinski definition) is 0. The molecule has 0 aliphatic carbocycles. The van der Waals surface area contributed by atoms with Crippen LogP contribution in [0.15, 0.2) is 121 Å². The molecule has 0 amide bonds. The molecule has 224 valence electrons. The highest BCUT2D eigenvalue weighted by Crippen LogP contribution is 2.35. The number of ether oxygens (including phenoxy) is 5. The van der Waals surface area contributed by atoms with Gasteiger partial charge in [-0.3, -0.25) is 0 Å². The van der Waals surface area contributed by atoms with Crippen LogP contribution in [0.3, 0.4) is 0 Å². The molecule has 4 aromatic carbocycles. The fraction of sp³-hybridized carbons (Fsp3) is 0.306. The second kappa shape index (κ2) is 16.4. The Hall–Kier alpha value is -3.46. The molecule has 0 bridgehead atoms. The van der Waals surface area contributed by atoms with E-state index in [-0.39, 0.29) is 0 Å². The van der Waals surface area contributed by atoms with Crippen LogP contribution in [0.4, 0.5) is 0 Å². The number of rotatable bonds is 14. The molecule has 6 nitrogen and oxygen atoms in total. The van der Waals surface area contributed by atoms with Gasteiger partial charge in [-0.15, -0.1) is 11.8 Å². The molecule has 5 rings (SSSR count). The van der Waals surface area contributed by atoms with E-state index in [0.29, 0.717) is 32.0 Å². The van der Waals surface area contributed by atoms with Crippen LogP contribution < -0.4 is 0 Å². The zero-order chi connectivity index (χ0) is 29.7. The van der Waals surface area contributed by atoms with Crippen molar-refractivity contribution in [3.05, 3.63) is 144 Å². The molecule has 1 aliphatic rings. The minimum absolute atomic E-state index is 0.291. The molecule has 4 aromatic rings. The summed E-state index contributed by atoms with van der Waals surface area (Å²) in [6, 6.07) is 39.0. The Bertz CT molecular complexity index is 1360. The van der Waals surface area contributed by atoms with E-state index in [0.717, 1.165) is 22.4 Å². The first kappa shape index (κ1) is 31.0. The van der Waals surface area contributed by atoms with Gasteiger partial charge in [0.1, 0.15) is 23.7 Å². The minimum Gasteiger partial charge on any atom is -0.452 e. The molecule has 0 radical (unpaired) electrons. The van der Waals surface area contributed by atoms with Gasteiger partial charge in [0.2, 0.25) is 0 Å². The summed E-state index contributed by atoms with van der Waals surface area (Å²) in [7, 11) is 0. The van der Waals surface area contributed by atoms with Gasteiger partial charge < -0.3 is 23.7 Å². The van der Waals surface area contributed by atoms with Crippen LogP contribution in [-0.2, 0) is 43.5 Å². The third-order valence-electron chi connectivity index (χ3n) is 7.14. The van der Waals surface area contributed by atoms with Crippen molar-refractivity contribution in [3.8, 4) is 0 Å². The topological polar surface area (TPSA) is 63.2 Å². The standard InChI is InChI=1S/C36H38O6S/c1-2-43-36-34(42-35(37)30-21-13-6-14-22-30)33(40-25-29-19-11-5-12-20-29)32(39-24-28-17-9-4-10-18-28)31(41-36)26-38-23-27-15-7-3-8-16-27/h3-22,31-34,36H,2,23-26H2,1H3/t31?,32-,33+,34?,36-/m0/s1. The molecular weight excluding hydrogens is 560 g/mol. The van der Waals surface area contributed by atoms with Crippen molar-refractivity contribution in [2.45, 2.75) is 56.6 Å². The first-order valence-corrected chi connectivity index (χ1v) is 15.7. The van der Waals surface area contributed by atoms with E-state index >= 15 is 0 Å². The first-order valence-electron chi connectivity index (χ1n) is 14.7. The lowest BCUT2D eigenvalue weighted by atomic mass is 9.98. The largest absolute Gasteiger partial charge is 0.452 e. The lowest BCUT2D eigenvalue weighted by Crippen LogP contribution is -2.60. The number of thioether (sulfide) groups is 1. The average Bonchev–Trinajstić information content (AvgIpc) is 3.06. The zero-order valence-corrected chi connectivity index (χ0v) is 25.1. The third-order valence-corrected chi connectivity index (χ3v) is 8.18. The van der Waals surface area contributed by atoms with E-state index in [1.165, 1.54) is 0 Å². The number of hydrogen-bond acceptors (Lipinski definition) is 7. The van der Waals surface area contributed by atoms with Gasteiger partial charge >= 0.3 is 5.97 Å². The summed E-state index contributed by atoms with van der Waals surface area (Å²) in [5, 5.41) is 0. The number of carbonyl (C=O) groups excluding carboxylic acids is 1. The maximum atomic E-state index is 13.4. The monoisotopic (exact) mass is 598 g/mol. The Morgan fingerprint density at radius 2 is 1.14 bits per heavy atom. The molecule has 1 saturated heterocycles. The second-order valence-corrected chi connectivity index (χ2v) is 11.6. The Kier molecular flexibility index (Phi) is 11.8. The van der Waals surface area contributed by atoms with Crippen molar-refractivity contribution in [1.29, 1.82) is 0 Å². The smallest absolute Gasteiger partial charge is 0.338 e. The SMILES string of the molecule is CCS[C@@H]1OC(COCc2ccccc2)[C@H](OCc2ccccc2)[C@@H](OCc2ccccc2)C1OC(=O)c1ccccc1. The summed E-state index contributed by atoms with van der Waals surface area (Å²) in [5.74, 6) is 0.340. The first-order chi connectivity index (χ1) is 21.2.